The third-order valence-corrected chi connectivity index (χ3v) is 7.87. The number of unbranched alkanes of at least 4 members (excludes halogenated alkanes) is 2. The minimum absolute atomic E-state index is 0.0514. The molecular formula is C28H35N5O2. The Morgan fingerprint density at radius 3 is 2.51 bits per heavy atom. The number of piperidine rings is 1. The predicted octanol–water partition coefficient (Wildman–Crippen LogP) is 4.21. The van der Waals surface area contributed by atoms with Crippen molar-refractivity contribution in [2.45, 2.75) is 70.8 Å². The SMILES string of the molecule is CCCCCc1ccc(CC(=O)N2CCC3(CC2)CC(NC(=O)c2ccc4nncn4c2)C3)cc1. The van der Waals surface area contributed by atoms with Gasteiger partial charge in [0.25, 0.3) is 5.91 Å². The molecule has 1 saturated heterocycles. The summed E-state index contributed by atoms with van der Waals surface area (Å²) in [6.45, 7) is 3.86. The first-order valence-electron chi connectivity index (χ1n) is 13.0. The van der Waals surface area contributed by atoms with Crippen LogP contribution in [0.4, 0.5) is 0 Å². The van der Waals surface area contributed by atoms with E-state index in [9.17, 15) is 9.59 Å². The van der Waals surface area contributed by atoms with E-state index in [1.54, 1.807) is 29.1 Å². The van der Waals surface area contributed by atoms with Gasteiger partial charge in [-0.25, -0.2) is 0 Å². The lowest BCUT2D eigenvalue weighted by Crippen LogP contribution is -2.55. The summed E-state index contributed by atoms with van der Waals surface area (Å²) in [4.78, 5) is 27.6. The molecule has 0 unspecified atom stereocenters. The number of likely N-dealkylation sites (tertiary alicyclic amines) is 1. The van der Waals surface area contributed by atoms with Crippen molar-refractivity contribution in [2.75, 3.05) is 13.1 Å². The lowest BCUT2D eigenvalue weighted by Gasteiger charge is -2.52. The van der Waals surface area contributed by atoms with Crippen LogP contribution in [0, 0.1) is 5.41 Å². The van der Waals surface area contributed by atoms with Crippen molar-refractivity contribution in [1.82, 2.24) is 24.8 Å². The van der Waals surface area contributed by atoms with Gasteiger partial charge in [0.1, 0.15) is 6.33 Å². The highest BCUT2D eigenvalue weighted by molar-refractivity contribution is 5.94. The highest BCUT2D eigenvalue weighted by Gasteiger charge is 2.46. The molecule has 1 saturated carbocycles. The molecule has 3 heterocycles. The zero-order valence-corrected chi connectivity index (χ0v) is 20.6. The molecule has 0 atom stereocenters. The summed E-state index contributed by atoms with van der Waals surface area (Å²) < 4.78 is 1.76. The first-order valence-corrected chi connectivity index (χ1v) is 13.0. The van der Waals surface area contributed by atoms with Crippen LogP contribution < -0.4 is 5.32 Å². The molecule has 0 bridgehead atoms. The van der Waals surface area contributed by atoms with Gasteiger partial charge < -0.3 is 10.2 Å². The molecule has 5 rings (SSSR count). The summed E-state index contributed by atoms with van der Waals surface area (Å²) in [6, 6.07) is 12.4. The van der Waals surface area contributed by atoms with Crippen LogP contribution in [-0.2, 0) is 17.6 Å². The van der Waals surface area contributed by atoms with Gasteiger partial charge in [-0.3, -0.25) is 14.0 Å². The molecule has 7 heteroatoms. The highest BCUT2D eigenvalue weighted by atomic mass is 16.2. The molecule has 1 aliphatic heterocycles. The Morgan fingerprint density at radius 1 is 1.03 bits per heavy atom. The molecule has 35 heavy (non-hydrogen) atoms. The fourth-order valence-electron chi connectivity index (χ4n) is 5.65. The minimum atomic E-state index is -0.0514. The van der Waals surface area contributed by atoms with Gasteiger partial charge in [-0.05, 0) is 67.2 Å². The standard InChI is InChI=1S/C28H35N5O2/c1-2-3-4-5-21-6-8-22(9-7-21)16-26(34)32-14-12-28(13-15-32)17-24(18-28)30-27(35)23-10-11-25-31-29-20-33(25)19-23/h6-11,19-20,24H,2-5,12-18H2,1H3,(H,30,35). The largest absolute Gasteiger partial charge is 0.349 e. The van der Waals surface area contributed by atoms with E-state index < -0.39 is 0 Å². The van der Waals surface area contributed by atoms with Crippen LogP contribution in [0.2, 0.25) is 0 Å². The molecule has 1 aromatic carbocycles. The zero-order chi connectivity index (χ0) is 24.3. The Morgan fingerprint density at radius 2 is 1.77 bits per heavy atom. The van der Waals surface area contributed by atoms with Gasteiger partial charge in [0.15, 0.2) is 5.65 Å². The smallest absolute Gasteiger partial charge is 0.252 e. The number of nitrogens with one attached hydrogen (secondary N) is 1. The van der Waals surface area contributed by atoms with E-state index in [1.165, 1.54) is 24.8 Å². The van der Waals surface area contributed by atoms with Crippen LogP contribution in [-0.4, -0.2) is 50.4 Å². The van der Waals surface area contributed by atoms with Gasteiger partial charge in [-0.15, -0.1) is 10.2 Å². The average Bonchev–Trinajstić information content (AvgIpc) is 3.33. The maximum atomic E-state index is 12.9. The van der Waals surface area contributed by atoms with Crippen LogP contribution in [0.15, 0.2) is 48.9 Å². The second kappa shape index (κ2) is 10.2. The molecule has 1 N–H and O–H groups in total. The molecular weight excluding hydrogens is 438 g/mol. The van der Waals surface area contributed by atoms with Gasteiger partial charge in [0, 0.05) is 25.3 Å². The summed E-state index contributed by atoms with van der Waals surface area (Å²) >= 11 is 0. The monoisotopic (exact) mass is 473 g/mol. The van der Waals surface area contributed by atoms with E-state index in [4.69, 9.17) is 0 Å². The van der Waals surface area contributed by atoms with Gasteiger partial charge in [-0.2, -0.15) is 0 Å². The van der Waals surface area contributed by atoms with Gasteiger partial charge in [0.2, 0.25) is 5.91 Å². The Kier molecular flexibility index (Phi) is 6.84. The van der Waals surface area contributed by atoms with Crippen LogP contribution in [0.3, 0.4) is 0 Å². The molecule has 1 spiro atoms. The Labute approximate surface area is 206 Å². The van der Waals surface area contributed by atoms with E-state index in [0.717, 1.165) is 56.4 Å². The van der Waals surface area contributed by atoms with Crippen LogP contribution in [0.5, 0.6) is 0 Å². The van der Waals surface area contributed by atoms with E-state index in [-0.39, 0.29) is 23.3 Å². The molecule has 2 fully saturated rings. The number of benzene rings is 1. The normalized spacial score (nSPS) is 17.5. The maximum Gasteiger partial charge on any atom is 0.252 e. The first kappa shape index (κ1) is 23.5. The number of nitrogens with zero attached hydrogens (tertiary/aromatic N) is 4. The van der Waals surface area contributed by atoms with Crippen molar-refractivity contribution >= 4 is 17.5 Å². The quantitative estimate of drug-likeness (QED) is 0.497. The molecule has 0 radical (unpaired) electrons. The molecule has 7 nitrogen and oxygen atoms in total. The third-order valence-electron chi connectivity index (χ3n) is 7.87. The van der Waals surface area contributed by atoms with Crippen LogP contribution in [0.1, 0.15) is 73.4 Å². The minimum Gasteiger partial charge on any atom is -0.349 e. The van der Waals surface area contributed by atoms with E-state index in [1.807, 2.05) is 4.90 Å². The average molecular weight is 474 g/mol. The fourth-order valence-corrected chi connectivity index (χ4v) is 5.65. The number of carbonyl (C=O) groups excluding carboxylic acids is 2. The molecule has 3 aromatic rings. The number of carbonyl (C=O) groups is 2. The fraction of sp³-hybridized carbons (Fsp3) is 0.500. The number of amides is 2. The van der Waals surface area contributed by atoms with Crippen molar-refractivity contribution in [3.8, 4) is 0 Å². The highest BCUT2D eigenvalue weighted by Crippen LogP contribution is 2.49. The number of fused-ring (bicyclic) bond motifs is 1. The van der Waals surface area contributed by atoms with Crippen molar-refractivity contribution in [1.29, 1.82) is 0 Å². The molecule has 1 aliphatic carbocycles. The number of pyridine rings is 1. The van der Waals surface area contributed by atoms with Crippen molar-refractivity contribution < 1.29 is 9.59 Å². The molecule has 2 aliphatic rings. The first-order chi connectivity index (χ1) is 17.0. The number of hydrogen-bond donors (Lipinski definition) is 1. The lowest BCUT2D eigenvalue weighted by atomic mass is 9.60. The van der Waals surface area contributed by atoms with Gasteiger partial charge in [0.05, 0.1) is 12.0 Å². The molecule has 2 aromatic heterocycles. The third kappa shape index (κ3) is 5.39. The van der Waals surface area contributed by atoms with Crippen LogP contribution >= 0.6 is 0 Å². The molecule has 184 valence electrons. The second-order valence-electron chi connectivity index (χ2n) is 10.4. The van der Waals surface area contributed by atoms with Gasteiger partial charge >= 0.3 is 0 Å². The van der Waals surface area contributed by atoms with Crippen molar-refractivity contribution in [3.05, 3.63) is 65.6 Å². The van der Waals surface area contributed by atoms with E-state index >= 15 is 0 Å². The molecule has 2 amide bonds. The number of aromatic nitrogens is 3. The maximum absolute atomic E-state index is 12.9. The van der Waals surface area contributed by atoms with Crippen molar-refractivity contribution in [2.24, 2.45) is 5.41 Å². The summed E-state index contributed by atoms with van der Waals surface area (Å²) in [5.74, 6) is 0.177. The zero-order valence-electron chi connectivity index (χ0n) is 20.6. The number of hydrogen-bond acceptors (Lipinski definition) is 4. The lowest BCUT2D eigenvalue weighted by molar-refractivity contribution is -0.134. The Balaban J connectivity index is 1.05. The van der Waals surface area contributed by atoms with Crippen LogP contribution in [0.25, 0.3) is 5.65 Å². The summed E-state index contributed by atoms with van der Waals surface area (Å²) in [6.07, 6.45) is 12.7. The van der Waals surface area contributed by atoms with Crippen molar-refractivity contribution in [3.63, 3.8) is 0 Å². The summed E-state index contributed by atoms with van der Waals surface area (Å²) in [7, 11) is 0. The number of rotatable bonds is 8. The van der Waals surface area contributed by atoms with E-state index in [0.29, 0.717) is 12.0 Å². The topological polar surface area (TPSA) is 79.6 Å². The second-order valence-corrected chi connectivity index (χ2v) is 10.4. The Bertz CT molecular complexity index is 1170. The predicted molar refractivity (Wildman–Crippen MR) is 135 cm³/mol. The van der Waals surface area contributed by atoms with Gasteiger partial charge in [-0.1, -0.05) is 44.0 Å². The Hall–Kier alpha value is -3.22. The number of aryl methyl sites for hydroxylation is 1. The summed E-state index contributed by atoms with van der Waals surface area (Å²) in [5.41, 5.74) is 4.08. The summed E-state index contributed by atoms with van der Waals surface area (Å²) in [5, 5.41) is 11.0. The van der Waals surface area contributed by atoms with E-state index in [2.05, 4.69) is 46.7 Å².